The fourth-order valence-electron chi connectivity index (χ4n) is 2.55. The summed E-state index contributed by atoms with van der Waals surface area (Å²) in [6.07, 6.45) is 2.11. The molecule has 4 nitrogen and oxygen atoms in total. The van der Waals surface area contributed by atoms with E-state index in [2.05, 4.69) is 31.4 Å². The summed E-state index contributed by atoms with van der Waals surface area (Å²) in [6, 6.07) is 15.6. The lowest BCUT2D eigenvalue weighted by Crippen LogP contribution is -2.22. The average Bonchev–Trinajstić information content (AvgIpc) is 2.61. The van der Waals surface area contributed by atoms with Gasteiger partial charge >= 0.3 is 0 Å². The number of hydrogen-bond acceptors (Lipinski definition) is 3. The molecule has 0 saturated heterocycles. The van der Waals surface area contributed by atoms with Crippen LogP contribution in [0.25, 0.3) is 0 Å². The summed E-state index contributed by atoms with van der Waals surface area (Å²) >= 11 is 0. The predicted molar refractivity (Wildman–Crippen MR) is 104 cm³/mol. The molecular weight excluding hydrogens is 312 g/mol. The third-order valence-electron chi connectivity index (χ3n) is 3.94. The average molecular weight is 340 g/mol. The number of hydrogen-bond donors (Lipinski definition) is 2. The molecule has 0 heterocycles. The Balaban J connectivity index is 1.95. The van der Waals surface area contributed by atoms with Crippen molar-refractivity contribution in [3.05, 3.63) is 54.1 Å². The van der Waals surface area contributed by atoms with Gasteiger partial charge in [-0.2, -0.15) is 0 Å². The van der Waals surface area contributed by atoms with Crippen LogP contribution in [0.5, 0.6) is 5.75 Å². The second-order valence-corrected chi connectivity index (χ2v) is 6.34. The van der Waals surface area contributed by atoms with Crippen LogP contribution in [0.4, 0.5) is 11.4 Å². The minimum absolute atomic E-state index is 0.0727. The zero-order valence-corrected chi connectivity index (χ0v) is 15.3. The molecule has 0 aliphatic rings. The molecule has 25 heavy (non-hydrogen) atoms. The molecule has 0 spiro atoms. The standard InChI is InChI=1S/C21H28N2O2/c1-4-5-14-25-20-13-9-8-12-19(20)22-15-21(24)23-18-11-7-6-10-17(18)16(2)3/h6-13,16,22H,4-5,14-15H2,1-3H3,(H,23,24). The van der Waals surface area contributed by atoms with Crippen LogP contribution in [-0.4, -0.2) is 19.1 Å². The third kappa shape index (κ3) is 5.82. The number of benzene rings is 2. The highest BCUT2D eigenvalue weighted by Gasteiger charge is 2.10. The fourth-order valence-corrected chi connectivity index (χ4v) is 2.55. The Morgan fingerprint density at radius 3 is 2.44 bits per heavy atom. The van der Waals surface area contributed by atoms with Gasteiger partial charge in [0.05, 0.1) is 18.8 Å². The van der Waals surface area contributed by atoms with Crippen LogP contribution in [0.1, 0.15) is 45.1 Å². The fraction of sp³-hybridized carbons (Fsp3) is 0.381. The topological polar surface area (TPSA) is 50.4 Å². The highest BCUT2D eigenvalue weighted by molar-refractivity contribution is 5.94. The van der Waals surface area contributed by atoms with Crippen LogP contribution in [-0.2, 0) is 4.79 Å². The quantitative estimate of drug-likeness (QED) is 0.629. The molecule has 0 fully saturated rings. The SMILES string of the molecule is CCCCOc1ccccc1NCC(=O)Nc1ccccc1C(C)C. The Hall–Kier alpha value is -2.49. The molecule has 4 heteroatoms. The molecule has 2 aromatic carbocycles. The summed E-state index contributed by atoms with van der Waals surface area (Å²) in [5, 5.41) is 6.16. The highest BCUT2D eigenvalue weighted by atomic mass is 16.5. The molecule has 0 bridgehead atoms. The second kappa shape index (κ2) is 9.72. The molecule has 0 unspecified atom stereocenters. The number of unbranched alkanes of at least 4 members (excludes halogenated alkanes) is 1. The maximum absolute atomic E-state index is 12.3. The van der Waals surface area contributed by atoms with E-state index in [1.807, 2.05) is 48.5 Å². The van der Waals surface area contributed by atoms with Gasteiger partial charge in [0.1, 0.15) is 5.75 Å². The molecule has 0 aliphatic heterocycles. The minimum atomic E-state index is -0.0727. The van der Waals surface area contributed by atoms with E-state index in [0.717, 1.165) is 35.5 Å². The van der Waals surface area contributed by atoms with Crippen molar-refractivity contribution in [2.24, 2.45) is 0 Å². The minimum Gasteiger partial charge on any atom is -0.491 e. The van der Waals surface area contributed by atoms with Gasteiger partial charge in [0.15, 0.2) is 0 Å². The van der Waals surface area contributed by atoms with Crippen LogP contribution in [0.2, 0.25) is 0 Å². The Labute approximate surface area is 150 Å². The van der Waals surface area contributed by atoms with Crippen molar-refractivity contribution in [3.8, 4) is 5.75 Å². The van der Waals surface area contributed by atoms with Crippen molar-refractivity contribution in [3.63, 3.8) is 0 Å². The molecule has 2 rings (SSSR count). The second-order valence-electron chi connectivity index (χ2n) is 6.34. The number of amides is 1. The zero-order chi connectivity index (χ0) is 18.1. The van der Waals surface area contributed by atoms with Crippen molar-refractivity contribution in [1.82, 2.24) is 0 Å². The summed E-state index contributed by atoms with van der Waals surface area (Å²) in [7, 11) is 0. The molecule has 0 aromatic heterocycles. The van der Waals surface area contributed by atoms with Crippen molar-refractivity contribution in [2.45, 2.75) is 39.5 Å². The van der Waals surface area contributed by atoms with Gasteiger partial charge in [-0.15, -0.1) is 0 Å². The summed E-state index contributed by atoms with van der Waals surface area (Å²) in [4.78, 5) is 12.3. The van der Waals surface area contributed by atoms with Crippen molar-refractivity contribution in [1.29, 1.82) is 0 Å². The van der Waals surface area contributed by atoms with Gasteiger partial charge in [-0.05, 0) is 36.1 Å². The Kier molecular flexibility index (Phi) is 7.33. The highest BCUT2D eigenvalue weighted by Crippen LogP contribution is 2.25. The first-order valence-electron chi connectivity index (χ1n) is 8.96. The molecule has 0 radical (unpaired) electrons. The summed E-state index contributed by atoms with van der Waals surface area (Å²) in [5.41, 5.74) is 2.85. The molecule has 1 amide bonds. The van der Waals surface area contributed by atoms with E-state index >= 15 is 0 Å². The van der Waals surface area contributed by atoms with Crippen LogP contribution < -0.4 is 15.4 Å². The van der Waals surface area contributed by atoms with Crippen molar-refractivity contribution >= 4 is 17.3 Å². The molecule has 0 atom stereocenters. The molecule has 0 saturated carbocycles. The number of rotatable bonds is 9. The molecular formula is C21H28N2O2. The predicted octanol–water partition coefficient (Wildman–Crippen LogP) is 5.04. The Bertz CT molecular complexity index is 683. The number of para-hydroxylation sites is 3. The molecule has 2 aromatic rings. The Morgan fingerprint density at radius 2 is 1.72 bits per heavy atom. The van der Waals surface area contributed by atoms with E-state index < -0.39 is 0 Å². The lowest BCUT2D eigenvalue weighted by Gasteiger charge is -2.15. The number of carbonyl (C=O) groups is 1. The van der Waals surface area contributed by atoms with Gasteiger partial charge in [-0.25, -0.2) is 0 Å². The van der Waals surface area contributed by atoms with Crippen LogP contribution >= 0.6 is 0 Å². The molecule has 0 aliphatic carbocycles. The van der Waals surface area contributed by atoms with Gasteiger partial charge in [0, 0.05) is 5.69 Å². The first-order valence-corrected chi connectivity index (χ1v) is 8.96. The lowest BCUT2D eigenvalue weighted by molar-refractivity contribution is -0.114. The van der Waals surface area contributed by atoms with E-state index in [0.29, 0.717) is 12.5 Å². The maximum atomic E-state index is 12.3. The summed E-state index contributed by atoms with van der Waals surface area (Å²) in [6.45, 7) is 7.25. The van der Waals surface area contributed by atoms with Gasteiger partial charge in [-0.3, -0.25) is 4.79 Å². The monoisotopic (exact) mass is 340 g/mol. The van der Waals surface area contributed by atoms with Gasteiger partial charge in [-0.1, -0.05) is 57.5 Å². The first kappa shape index (κ1) is 18.8. The number of ether oxygens (including phenoxy) is 1. The first-order chi connectivity index (χ1) is 12.1. The van der Waals surface area contributed by atoms with Crippen LogP contribution in [0.3, 0.4) is 0 Å². The lowest BCUT2D eigenvalue weighted by atomic mass is 10.0. The van der Waals surface area contributed by atoms with Gasteiger partial charge in [0.25, 0.3) is 0 Å². The van der Waals surface area contributed by atoms with Gasteiger partial charge < -0.3 is 15.4 Å². The van der Waals surface area contributed by atoms with E-state index in [1.165, 1.54) is 0 Å². The maximum Gasteiger partial charge on any atom is 0.243 e. The third-order valence-corrected chi connectivity index (χ3v) is 3.94. The van der Waals surface area contributed by atoms with Crippen molar-refractivity contribution in [2.75, 3.05) is 23.8 Å². The molecule has 134 valence electrons. The largest absolute Gasteiger partial charge is 0.491 e. The smallest absolute Gasteiger partial charge is 0.243 e. The number of carbonyl (C=O) groups excluding carboxylic acids is 1. The van der Waals surface area contributed by atoms with E-state index in [9.17, 15) is 4.79 Å². The van der Waals surface area contributed by atoms with E-state index in [4.69, 9.17) is 4.74 Å². The normalized spacial score (nSPS) is 10.6. The van der Waals surface area contributed by atoms with Crippen LogP contribution in [0, 0.1) is 0 Å². The Morgan fingerprint density at radius 1 is 1.04 bits per heavy atom. The summed E-state index contributed by atoms with van der Waals surface area (Å²) in [5.74, 6) is 1.07. The van der Waals surface area contributed by atoms with Gasteiger partial charge in [0.2, 0.25) is 5.91 Å². The number of nitrogens with one attached hydrogen (secondary N) is 2. The van der Waals surface area contributed by atoms with E-state index in [1.54, 1.807) is 0 Å². The van der Waals surface area contributed by atoms with Crippen LogP contribution in [0.15, 0.2) is 48.5 Å². The molecule has 2 N–H and O–H groups in total. The summed E-state index contributed by atoms with van der Waals surface area (Å²) < 4.78 is 5.78. The zero-order valence-electron chi connectivity index (χ0n) is 15.3. The number of anilines is 2. The van der Waals surface area contributed by atoms with Crippen molar-refractivity contribution < 1.29 is 9.53 Å². The van der Waals surface area contributed by atoms with E-state index in [-0.39, 0.29) is 12.5 Å².